The lowest BCUT2D eigenvalue weighted by Gasteiger charge is -2.22. The van der Waals surface area contributed by atoms with E-state index in [1.165, 1.54) is 11.1 Å². The molecule has 0 spiro atoms. The highest BCUT2D eigenvalue weighted by Crippen LogP contribution is 2.24. The Morgan fingerprint density at radius 2 is 1.75 bits per heavy atom. The van der Waals surface area contributed by atoms with Gasteiger partial charge in [0.25, 0.3) is 0 Å². The average molecular weight is 277 g/mol. The number of aliphatic hydroxyl groups is 1. The van der Waals surface area contributed by atoms with E-state index in [1.807, 2.05) is 0 Å². The fourth-order valence-corrected chi connectivity index (χ4v) is 2.37. The summed E-state index contributed by atoms with van der Waals surface area (Å²) in [5.41, 5.74) is 2.92. The van der Waals surface area contributed by atoms with Gasteiger partial charge in [-0.25, -0.2) is 0 Å². The molecular formula is C18H31NO. The van der Waals surface area contributed by atoms with Crippen LogP contribution < -0.4 is 5.32 Å². The van der Waals surface area contributed by atoms with Crippen molar-refractivity contribution >= 4 is 0 Å². The van der Waals surface area contributed by atoms with Crippen molar-refractivity contribution in [2.24, 2.45) is 5.92 Å². The number of benzene rings is 1. The SMILES string of the molecule is CCC(CCO)CNC(C)c1ccc(C(C)(C)C)cc1. The van der Waals surface area contributed by atoms with Crippen LogP contribution in [0.5, 0.6) is 0 Å². The van der Waals surface area contributed by atoms with Gasteiger partial charge in [0.05, 0.1) is 0 Å². The maximum Gasteiger partial charge on any atom is 0.0434 e. The van der Waals surface area contributed by atoms with Crippen LogP contribution in [0.4, 0.5) is 0 Å². The van der Waals surface area contributed by atoms with Crippen LogP contribution in [0.1, 0.15) is 64.6 Å². The monoisotopic (exact) mass is 277 g/mol. The normalized spacial score (nSPS) is 15.1. The zero-order chi connectivity index (χ0) is 15.2. The first kappa shape index (κ1) is 17.2. The first-order valence-electron chi connectivity index (χ1n) is 7.83. The van der Waals surface area contributed by atoms with E-state index in [-0.39, 0.29) is 12.0 Å². The second kappa shape index (κ2) is 7.80. The molecule has 20 heavy (non-hydrogen) atoms. The van der Waals surface area contributed by atoms with Gasteiger partial charge in [-0.3, -0.25) is 0 Å². The fraction of sp³-hybridized carbons (Fsp3) is 0.667. The Kier molecular flexibility index (Phi) is 6.70. The molecule has 0 aromatic heterocycles. The number of rotatable bonds is 7. The molecule has 0 aliphatic carbocycles. The van der Waals surface area contributed by atoms with Crippen molar-refractivity contribution in [2.75, 3.05) is 13.2 Å². The molecule has 114 valence electrons. The summed E-state index contributed by atoms with van der Waals surface area (Å²) in [5.74, 6) is 0.566. The molecule has 0 aliphatic heterocycles. The van der Waals surface area contributed by atoms with E-state index in [0.29, 0.717) is 12.0 Å². The summed E-state index contributed by atoms with van der Waals surface area (Å²) in [6, 6.07) is 9.28. The van der Waals surface area contributed by atoms with Gasteiger partial charge in [0.1, 0.15) is 0 Å². The van der Waals surface area contributed by atoms with Gasteiger partial charge in [-0.15, -0.1) is 0 Å². The molecule has 0 heterocycles. The number of hydrogen-bond acceptors (Lipinski definition) is 2. The molecule has 2 atom stereocenters. The topological polar surface area (TPSA) is 32.3 Å². The smallest absolute Gasteiger partial charge is 0.0434 e. The predicted octanol–water partition coefficient (Wildman–Crippen LogP) is 4.04. The molecule has 0 saturated carbocycles. The van der Waals surface area contributed by atoms with Crippen LogP contribution in [0.15, 0.2) is 24.3 Å². The molecule has 1 rings (SSSR count). The Balaban J connectivity index is 2.57. The first-order valence-corrected chi connectivity index (χ1v) is 7.83. The van der Waals surface area contributed by atoms with Crippen molar-refractivity contribution < 1.29 is 5.11 Å². The quantitative estimate of drug-likeness (QED) is 0.788. The van der Waals surface area contributed by atoms with E-state index in [1.54, 1.807) is 0 Å². The lowest BCUT2D eigenvalue weighted by Crippen LogP contribution is -2.26. The van der Waals surface area contributed by atoms with Crippen molar-refractivity contribution in [3.8, 4) is 0 Å². The van der Waals surface area contributed by atoms with Crippen molar-refractivity contribution in [1.82, 2.24) is 5.32 Å². The molecule has 0 saturated heterocycles. The minimum Gasteiger partial charge on any atom is -0.396 e. The third-order valence-corrected chi connectivity index (χ3v) is 4.10. The summed E-state index contributed by atoms with van der Waals surface area (Å²) in [5, 5.41) is 12.6. The Hall–Kier alpha value is -0.860. The minimum absolute atomic E-state index is 0.212. The second-order valence-corrected chi connectivity index (χ2v) is 6.79. The molecule has 2 N–H and O–H groups in total. The third-order valence-electron chi connectivity index (χ3n) is 4.10. The zero-order valence-corrected chi connectivity index (χ0v) is 13.7. The van der Waals surface area contributed by atoms with Crippen molar-refractivity contribution in [1.29, 1.82) is 0 Å². The number of hydrogen-bond donors (Lipinski definition) is 2. The first-order chi connectivity index (χ1) is 9.38. The van der Waals surface area contributed by atoms with Gasteiger partial charge in [0.2, 0.25) is 0 Å². The van der Waals surface area contributed by atoms with Gasteiger partial charge in [-0.2, -0.15) is 0 Å². The summed E-state index contributed by atoms with van der Waals surface area (Å²) >= 11 is 0. The average Bonchev–Trinajstić information content (AvgIpc) is 2.42. The van der Waals surface area contributed by atoms with Gasteiger partial charge >= 0.3 is 0 Å². The maximum absolute atomic E-state index is 9.03. The van der Waals surface area contributed by atoms with Crippen LogP contribution in [0.25, 0.3) is 0 Å². The molecule has 0 bridgehead atoms. The van der Waals surface area contributed by atoms with Crippen LogP contribution in [-0.4, -0.2) is 18.3 Å². The number of aliphatic hydroxyl groups excluding tert-OH is 1. The summed E-state index contributed by atoms with van der Waals surface area (Å²) in [6.07, 6.45) is 2.00. The fourth-order valence-electron chi connectivity index (χ4n) is 2.37. The molecule has 2 nitrogen and oxygen atoms in total. The molecule has 1 aromatic carbocycles. The van der Waals surface area contributed by atoms with Crippen molar-refractivity contribution in [2.45, 2.75) is 58.9 Å². The minimum atomic E-state index is 0.212. The van der Waals surface area contributed by atoms with E-state index in [4.69, 9.17) is 5.11 Å². The molecule has 1 aromatic rings. The van der Waals surface area contributed by atoms with Gasteiger partial charge < -0.3 is 10.4 Å². The van der Waals surface area contributed by atoms with Crippen molar-refractivity contribution in [3.05, 3.63) is 35.4 Å². The van der Waals surface area contributed by atoms with E-state index in [2.05, 4.69) is 64.2 Å². The molecule has 0 aliphatic rings. The number of nitrogens with one attached hydrogen (secondary N) is 1. The molecule has 0 fully saturated rings. The lowest BCUT2D eigenvalue weighted by molar-refractivity contribution is 0.249. The van der Waals surface area contributed by atoms with Crippen LogP contribution in [0, 0.1) is 5.92 Å². The largest absolute Gasteiger partial charge is 0.396 e. The van der Waals surface area contributed by atoms with Gasteiger partial charge in [0.15, 0.2) is 0 Å². The molecule has 0 radical (unpaired) electrons. The van der Waals surface area contributed by atoms with Crippen LogP contribution in [0.3, 0.4) is 0 Å². The van der Waals surface area contributed by atoms with Crippen LogP contribution >= 0.6 is 0 Å². The summed E-state index contributed by atoms with van der Waals surface area (Å²) in [7, 11) is 0. The Morgan fingerprint density at radius 3 is 2.20 bits per heavy atom. The highest BCUT2D eigenvalue weighted by atomic mass is 16.3. The van der Waals surface area contributed by atoms with Gasteiger partial charge in [0, 0.05) is 12.6 Å². The third kappa shape index (κ3) is 5.26. The standard InChI is InChI=1S/C18H31NO/c1-6-15(11-12-20)13-19-14(2)16-7-9-17(10-8-16)18(3,4)5/h7-10,14-15,19-20H,6,11-13H2,1-5H3. The zero-order valence-electron chi connectivity index (χ0n) is 13.7. The molecule has 2 unspecified atom stereocenters. The summed E-state index contributed by atoms with van der Waals surface area (Å²) < 4.78 is 0. The molecule has 2 heteroatoms. The highest BCUT2D eigenvalue weighted by Gasteiger charge is 2.14. The van der Waals surface area contributed by atoms with E-state index >= 15 is 0 Å². The van der Waals surface area contributed by atoms with Crippen LogP contribution in [0.2, 0.25) is 0 Å². The van der Waals surface area contributed by atoms with Gasteiger partial charge in [-0.1, -0.05) is 58.4 Å². The Labute approximate surface area is 124 Å². The Bertz CT molecular complexity index is 377. The molecular weight excluding hydrogens is 246 g/mol. The predicted molar refractivity (Wildman–Crippen MR) is 87.0 cm³/mol. The van der Waals surface area contributed by atoms with E-state index in [0.717, 1.165) is 19.4 Å². The highest BCUT2D eigenvalue weighted by molar-refractivity contribution is 5.28. The van der Waals surface area contributed by atoms with E-state index < -0.39 is 0 Å². The Morgan fingerprint density at radius 1 is 1.15 bits per heavy atom. The van der Waals surface area contributed by atoms with Crippen LogP contribution in [-0.2, 0) is 5.41 Å². The van der Waals surface area contributed by atoms with Crippen molar-refractivity contribution in [3.63, 3.8) is 0 Å². The maximum atomic E-state index is 9.03. The van der Waals surface area contributed by atoms with E-state index in [9.17, 15) is 0 Å². The summed E-state index contributed by atoms with van der Waals surface area (Å²) in [6.45, 7) is 12.4. The summed E-state index contributed by atoms with van der Waals surface area (Å²) in [4.78, 5) is 0. The lowest BCUT2D eigenvalue weighted by atomic mass is 9.86. The second-order valence-electron chi connectivity index (χ2n) is 6.79. The van der Waals surface area contributed by atoms with Gasteiger partial charge in [-0.05, 0) is 42.3 Å². The molecule has 0 amide bonds.